The first-order valence-electron chi connectivity index (χ1n) is 14.2. The van der Waals surface area contributed by atoms with Crippen LogP contribution in [0, 0.1) is 13.8 Å². The van der Waals surface area contributed by atoms with E-state index in [0.29, 0.717) is 11.3 Å². The SMILES string of the molecule is Cc1cccc(N2CCN(C(C(C)O)N(C)c3ncnc4c3nc(-c3ccccc3)n4-c3ccccc3)CC2)c1C. The van der Waals surface area contributed by atoms with Crippen LogP contribution in [0.1, 0.15) is 18.1 Å². The molecule has 5 aromatic rings. The normalized spacial score (nSPS) is 15.7. The second-order valence-electron chi connectivity index (χ2n) is 10.8. The number of aromatic nitrogens is 4. The molecule has 3 aromatic carbocycles. The predicted molar refractivity (Wildman–Crippen MR) is 166 cm³/mol. The third kappa shape index (κ3) is 5.05. The van der Waals surface area contributed by atoms with Gasteiger partial charge in [0.1, 0.15) is 18.3 Å². The third-order valence-corrected chi connectivity index (χ3v) is 8.24. The molecule has 8 nitrogen and oxygen atoms in total. The molecular formula is C33H37N7O. The molecule has 0 bridgehead atoms. The highest BCUT2D eigenvalue weighted by atomic mass is 16.3. The maximum atomic E-state index is 11.1. The van der Waals surface area contributed by atoms with Crippen molar-refractivity contribution in [3.8, 4) is 17.1 Å². The van der Waals surface area contributed by atoms with Crippen molar-refractivity contribution in [1.29, 1.82) is 0 Å². The number of nitrogens with zero attached hydrogens (tertiary/aromatic N) is 7. The average molecular weight is 548 g/mol. The lowest BCUT2D eigenvalue weighted by Gasteiger charge is -2.45. The summed E-state index contributed by atoms with van der Waals surface area (Å²) in [5, 5.41) is 11.1. The summed E-state index contributed by atoms with van der Waals surface area (Å²) >= 11 is 0. The maximum absolute atomic E-state index is 11.1. The molecule has 2 unspecified atom stereocenters. The van der Waals surface area contributed by atoms with Crippen molar-refractivity contribution in [1.82, 2.24) is 24.4 Å². The number of hydrogen-bond acceptors (Lipinski definition) is 7. The van der Waals surface area contributed by atoms with E-state index in [9.17, 15) is 5.11 Å². The fraction of sp³-hybridized carbons (Fsp3) is 0.303. The van der Waals surface area contributed by atoms with E-state index in [4.69, 9.17) is 15.0 Å². The number of rotatable bonds is 7. The van der Waals surface area contributed by atoms with Crippen LogP contribution in [0.4, 0.5) is 11.5 Å². The molecule has 1 fully saturated rings. The first-order valence-corrected chi connectivity index (χ1v) is 14.2. The van der Waals surface area contributed by atoms with Gasteiger partial charge in [-0.25, -0.2) is 15.0 Å². The van der Waals surface area contributed by atoms with E-state index < -0.39 is 6.10 Å². The van der Waals surface area contributed by atoms with Crippen molar-refractivity contribution in [2.75, 3.05) is 43.0 Å². The van der Waals surface area contributed by atoms with Crippen LogP contribution in [0.3, 0.4) is 0 Å². The summed E-state index contributed by atoms with van der Waals surface area (Å²) in [5.74, 6) is 1.50. The van der Waals surface area contributed by atoms with Crippen LogP contribution in [0.25, 0.3) is 28.2 Å². The van der Waals surface area contributed by atoms with Crippen molar-refractivity contribution in [3.63, 3.8) is 0 Å². The second kappa shape index (κ2) is 11.3. The number of likely N-dealkylation sites (N-methyl/N-ethyl adjacent to an activating group) is 1. The molecule has 41 heavy (non-hydrogen) atoms. The van der Waals surface area contributed by atoms with Crippen LogP contribution < -0.4 is 9.80 Å². The van der Waals surface area contributed by atoms with Gasteiger partial charge in [-0.3, -0.25) is 9.47 Å². The van der Waals surface area contributed by atoms with E-state index in [1.54, 1.807) is 6.33 Å². The van der Waals surface area contributed by atoms with Gasteiger partial charge in [-0.05, 0) is 50.1 Å². The highest BCUT2D eigenvalue weighted by molar-refractivity contribution is 5.88. The summed E-state index contributed by atoms with van der Waals surface area (Å²) in [6.45, 7) is 9.65. The average Bonchev–Trinajstić information content (AvgIpc) is 3.40. The molecule has 1 aliphatic heterocycles. The molecule has 0 saturated carbocycles. The number of fused-ring (bicyclic) bond motifs is 1. The van der Waals surface area contributed by atoms with Gasteiger partial charge in [0.25, 0.3) is 0 Å². The first kappa shape index (κ1) is 26.9. The Hall–Kier alpha value is -4.27. The van der Waals surface area contributed by atoms with Gasteiger partial charge in [0.2, 0.25) is 0 Å². The number of imidazole rings is 1. The Morgan fingerprint density at radius 3 is 2.20 bits per heavy atom. The lowest BCUT2D eigenvalue weighted by Crippen LogP contribution is -2.59. The zero-order valence-corrected chi connectivity index (χ0v) is 24.1. The molecule has 8 heteroatoms. The Balaban J connectivity index is 1.35. The van der Waals surface area contributed by atoms with Crippen molar-refractivity contribution < 1.29 is 5.11 Å². The number of piperazine rings is 1. The van der Waals surface area contributed by atoms with Crippen molar-refractivity contribution in [2.24, 2.45) is 0 Å². The zero-order chi connectivity index (χ0) is 28.5. The van der Waals surface area contributed by atoms with Crippen LogP contribution in [-0.2, 0) is 0 Å². The number of benzene rings is 3. The standard InChI is InChI=1S/C33H37N7O/c1-23-12-11-17-28(24(23)2)38-18-20-39(21-19-38)33(25(3)41)37(4)31-29-32(35-22-34-31)40(27-15-9-6-10-16-27)30(36-29)26-13-7-5-8-14-26/h5-17,22,25,33,41H,18-21H2,1-4H3. The molecule has 1 N–H and O–H groups in total. The fourth-order valence-electron chi connectivity index (χ4n) is 6.05. The highest BCUT2D eigenvalue weighted by Gasteiger charge is 2.33. The van der Waals surface area contributed by atoms with E-state index in [2.05, 4.69) is 75.6 Å². The Kier molecular flexibility index (Phi) is 7.43. The van der Waals surface area contributed by atoms with E-state index >= 15 is 0 Å². The van der Waals surface area contributed by atoms with Gasteiger partial charge in [-0.2, -0.15) is 0 Å². The van der Waals surface area contributed by atoms with Crippen LogP contribution in [0.2, 0.25) is 0 Å². The summed E-state index contributed by atoms with van der Waals surface area (Å²) in [6, 6.07) is 26.8. The molecule has 3 heterocycles. The summed E-state index contributed by atoms with van der Waals surface area (Å²) in [7, 11) is 2.00. The quantitative estimate of drug-likeness (QED) is 0.305. The van der Waals surface area contributed by atoms with Gasteiger partial charge in [0, 0.05) is 50.2 Å². The van der Waals surface area contributed by atoms with E-state index in [0.717, 1.165) is 48.9 Å². The minimum Gasteiger partial charge on any atom is -0.390 e. The number of para-hydroxylation sites is 1. The lowest BCUT2D eigenvalue weighted by atomic mass is 10.1. The molecule has 210 valence electrons. The van der Waals surface area contributed by atoms with Gasteiger partial charge in [0.05, 0.1) is 6.10 Å². The Bertz CT molecular complexity index is 1630. The molecule has 0 amide bonds. The van der Waals surface area contributed by atoms with Gasteiger partial charge in [-0.15, -0.1) is 0 Å². The first-order chi connectivity index (χ1) is 19.9. The molecule has 2 aromatic heterocycles. The van der Waals surface area contributed by atoms with Crippen LogP contribution >= 0.6 is 0 Å². The Labute approximate surface area is 241 Å². The number of anilines is 2. The molecule has 0 radical (unpaired) electrons. The molecule has 1 saturated heterocycles. The van der Waals surface area contributed by atoms with E-state index in [1.165, 1.54) is 16.8 Å². The van der Waals surface area contributed by atoms with E-state index in [1.807, 2.05) is 50.4 Å². The molecule has 0 spiro atoms. The Morgan fingerprint density at radius 2 is 1.51 bits per heavy atom. The number of hydrogen-bond donors (Lipinski definition) is 1. The molecule has 0 aliphatic carbocycles. The van der Waals surface area contributed by atoms with Crippen molar-refractivity contribution >= 4 is 22.7 Å². The summed E-state index contributed by atoms with van der Waals surface area (Å²) in [5.41, 5.74) is 7.35. The van der Waals surface area contributed by atoms with E-state index in [-0.39, 0.29) is 6.17 Å². The predicted octanol–water partition coefficient (Wildman–Crippen LogP) is 5.06. The largest absolute Gasteiger partial charge is 0.390 e. The summed E-state index contributed by atoms with van der Waals surface area (Å²) in [6.07, 6.45) is 0.722. The van der Waals surface area contributed by atoms with Crippen LogP contribution in [-0.4, -0.2) is 75.0 Å². The van der Waals surface area contributed by atoms with Crippen molar-refractivity contribution in [3.05, 3.63) is 96.3 Å². The molecule has 1 aliphatic rings. The van der Waals surface area contributed by atoms with Gasteiger partial charge >= 0.3 is 0 Å². The maximum Gasteiger partial charge on any atom is 0.170 e. The smallest absolute Gasteiger partial charge is 0.170 e. The molecular weight excluding hydrogens is 510 g/mol. The van der Waals surface area contributed by atoms with Crippen LogP contribution in [0.15, 0.2) is 85.2 Å². The van der Waals surface area contributed by atoms with Gasteiger partial charge in [0.15, 0.2) is 17.0 Å². The van der Waals surface area contributed by atoms with Gasteiger partial charge in [-0.1, -0.05) is 60.7 Å². The number of aryl methyl sites for hydroxylation is 1. The summed E-state index contributed by atoms with van der Waals surface area (Å²) in [4.78, 5) is 21.4. The minimum atomic E-state index is -0.609. The van der Waals surface area contributed by atoms with Crippen molar-refractivity contribution in [2.45, 2.75) is 33.0 Å². The zero-order valence-electron chi connectivity index (χ0n) is 24.1. The molecule has 2 atom stereocenters. The Morgan fingerprint density at radius 1 is 0.829 bits per heavy atom. The lowest BCUT2D eigenvalue weighted by molar-refractivity contribution is 0.0572. The van der Waals surface area contributed by atoms with Gasteiger partial charge < -0.3 is 14.9 Å². The van der Waals surface area contributed by atoms with Crippen LogP contribution in [0.5, 0.6) is 0 Å². The highest BCUT2D eigenvalue weighted by Crippen LogP contribution is 2.33. The second-order valence-corrected chi connectivity index (χ2v) is 10.8. The molecule has 6 rings (SSSR count). The number of aliphatic hydroxyl groups excluding tert-OH is 1. The minimum absolute atomic E-state index is 0.268. The summed E-state index contributed by atoms with van der Waals surface area (Å²) < 4.78 is 2.09. The fourth-order valence-corrected chi connectivity index (χ4v) is 6.05. The monoisotopic (exact) mass is 547 g/mol. The third-order valence-electron chi connectivity index (χ3n) is 8.24. The number of aliphatic hydroxyl groups is 1. The topological polar surface area (TPSA) is 73.6 Å².